The third kappa shape index (κ3) is 5.06. The van der Waals surface area contributed by atoms with E-state index in [9.17, 15) is 9.59 Å². The van der Waals surface area contributed by atoms with Crippen LogP contribution in [0.15, 0.2) is 29.2 Å². The van der Waals surface area contributed by atoms with E-state index in [0.717, 1.165) is 18.4 Å². The molecule has 1 aliphatic heterocycles. The van der Waals surface area contributed by atoms with Crippen LogP contribution in [-0.4, -0.2) is 34.1 Å². The van der Waals surface area contributed by atoms with Crippen LogP contribution in [0.3, 0.4) is 0 Å². The summed E-state index contributed by atoms with van der Waals surface area (Å²) >= 11 is 12.6. The second-order valence-electron chi connectivity index (χ2n) is 5.31. The van der Waals surface area contributed by atoms with Gasteiger partial charge in [0.1, 0.15) is 4.32 Å². The predicted octanol–water partition coefficient (Wildman–Crippen LogP) is 3.85. The molecule has 1 heterocycles. The van der Waals surface area contributed by atoms with Crippen molar-refractivity contribution in [3.8, 4) is 0 Å². The van der Waals surface area contributed by atoms with Crippen LogP contribution in [0.5, 0.6) is 0 Å². The van der Waals surface area contributed by atoms with Crippen LogP contribution in [0.1, 0.15) is 31.7 Å². The quantitative estimate of drug-likeness (QED) is 0.442. The molecule has 1 saturated heterocycles. The Morgan fingerprint density at radius 3 is 2.88 bits per heavy atom. The third-order valence-electron chi connectivity index (χ3n) is 3.48. The van der Waals surface area contributed by atoms with Crippen molar-refractivity contribution < 1.29 is 9.59 Å². The number of nitrogens with zero attached hydrogens (tertiary/aromatic N) is 1. The van der Waals surface area contributed by atoms with Crippen LogP contribution >= 0.6 is 35.6 Å². The monoisotopic (exact) mass is 382 g/mol. The molecule has 2 rings (SSSR count). The molecular weight excluding hydrogens is 364 g/mol. The Bertz CT molecular complexity index is 676. The summed E-state index contributed by atoms with van der Waals surface area (Å²) in [6, 6.07) is 7.31. The van der Waals surface area contributed by atoms with E-state index in [1.165, 1.54) is 16.7 Å². The number of rotatable bonds is 7. The Balaban J connectivity index is 1.97. The molecule has 1 aliphatic rings. The van der Waals surface area contributed by atoms with Gasteiger partial charge in [-0.3, -0.25) is 14.5 Å². The Labute approximate surface area is 156 Å². The van der Waals surface area contributed by atoms with E-state index in [1.54, 1.807) is 12.1 Å². The van der Waals surface area contributed by atoms with E-state index in [-0.39, 0.29) is 18.2 Å². The number of thioether (sulfide) groups is 1. The molecule has 7 heteroatoms. The molecule has 2 amide bonds. The van der Waals surface area contributed by atoms with Gasteiger partial charge in [-0.25, -0.2) is 0 Å². The lowest BCUT2D eigenvalue weighted by Gasteiger charge is -2.14. The van der Waals surface area contributed by atoms with Crippen molar-refractivity contribution in [3.05, 3.63) is 39.8 Å². The van der Waals surface area contributed by atoms with Crippen molar-refractivity contribution in [2.24, 2.45) is 0 Å². The summed E-state index contributed by atoms with van der Waals surface area (Å²) in [6.45, 7) is 3.03. The Kier molecular flexibility index (Phi) is 7.27. The van der Waals surface area contributed by atoms with Crippen LogP contribution in [0, 0.1) is 0 Å². The number of amides is 2. The summed E-state index contributed by atoms with van der Waals surface area (Å²) in [5, 5.41) is 3.42. The fourth-order valence-corrected chi connectivity index (χ4v) is 3.62. The number of halogens is 1. The zero-order valence-electron chi connectivity index (χ0n) is 13.4. The van der Waals surface area contributed by atoms with Crippen LogP contribution in [0.25, 0.3) is 6.08 Å². The lowest BCUT2D eigenvalue weighted by molar-refractivity contribution is -0.123. The molecule has 128 valence electrons. The zero-order chi connectivity index (χ0) is 17.5. The molecule has 0 saturated carbocycles. The van der Waals surface area contributed by atoms with Crippen molar-refractivity contribution in [1.82, 2.24) is 10.2 Å². The molecule has 0 atom stereocenters. The summed E-state index contributed by atoms with van der Waals surface area (Å²) in [6.07, 6.45) is 3.97. The maximum absolute atomic E-state index is 12.5. The minimum absolute atomic E-state index is 0.0624. The average Bonchev–Trinajstić information content (AvgIpc) is 2.82. The fraction of sp³-hybridized carbons (Fsp3) is 0.353. The van der Waals surface area contributed by atoms with Crippen molar-refractivity contribution in [1.29, 1.82) is 0 Å². The van der Waals surface area contributed by atoms with Gasteiger partial charge in [-0.2, -0.15) is 0 Å². The average molecular weight is 383 g/mol. The highest BCUT2D eigenvalue weighted by Gasteiger charge is 2.32. The second kappa shape index (κ2) is 9.20. The first-order chi connectivity index (χ1) is 11.5. The summed E-state index contributed by atoms with van der Waals surface area (Å²) in [7, 11) is 0. The lowest BCUT2D eigenvalue weighted by atomic mass is 10.2. The first-order valence-corrected chi connectivity index (χ1v) is 9.39. The Hall–Kier alpha value is -1.37. The molecule has 1 N–H and O–H groups in total. The maximum Gasteiger partial charge on any atom is 0.266 e. The van der Waals surface area contributed by atoms with Gasteiger partial charge in [0.2, 0.25) is 5.91 Å². The van der Waals surface area contributed by atoms with Gasteiger partial charge in [-0.05, 0) is 24.1 Å². The molecule has 24 heavy (non-hydrogen) atoms. The molecule has 0 aliphatic carbocycles. The summed E-state index contributed by atoms with van der Waals surface area (Å²) < 4.78 is 0.472. The number of thiocarbonyl (C=S) groups is 1. The zero-order valence-corrected chi connectivity index (χ0v) is 15.8. The Morgan fingerprint density at radius 1 is 1.42 bits per heavy atom. The molecular formula is C17H19ClN2O2S2. The lowest BCUT2D eigenvalue weighted by Crippen LogP contribution is -2.33. The number of hydrogen-bond acceptors (Lipinski definition) is 4. The number of benzene rings is 1. The molecule has 0 unspecified atom stereocenters. The molecule has 0 radical (unpaired) electrons. The van der Waals surface area contributed by atoms with Gasteiger partial charge in [-0.1, -0.05) is 67.1 Å². The van der Waals surface area contributed by atoms with Gasteiger partial charge in [0.05, 0.1) is 4.91 Å². The van der Waals surface area contributed by atoms with Crippen molar-refractivity contribution in [2.75, 3.05) is 13.1 Å². The van der Waals surface area contributed by atoms with Crippen LogP contribution in [0.2, 0.25) is 5.02 Å². The van der Waals surface area contributed by atoms with E-state index < -0.39 is 0 Å². The van der Waals surface area contributed by atoms with Crippen LogP contribution in [-0.2, 0) is 9.59 Å². The Morgan fingerprint density at radius 2 is 2.17 bits per heavy atom. The smallest absolute Gasteiger partial charge is 0.266 e. The molecule has 4 nitrogen and oxygen atoms in total. The summed E-state index contributed by atoms with van der Waals surface area (Å²) in [5.74, 6) is -0.237. The second-order valence-corrected chi connectivity index (χ2v) is 7.39. The molecule has 1 fully saturated rings. The van der Waals surface area contributed by atoms with E-state index in [0.29, 0.717) is 27.3 Å². The molecule has 0 aromatic heterocycles. The minimum atomic E-state index is -0.175. The topological polar surface area (TPSA) is 49.4 Å². The summed E-state index contributed by atoms with van der Waals surface area (Å²) in [4.78, 5) is 26.3. The van der Waals surface area contributed by atoms with Crippen molar-refractivity contribution in [3.63, 3.8) is 0 Å². The molecule has 0 bridgehead atoms. The van der Waals surface area contributed by atoms with E-state index in [4.69, 9.17) is 23.8 Å². The highest BCUT2D eigenvalue weighted by molar-refractivity contribution is 8.26. The molecule has 1 aromatic rings. The third-order valence-corrected chi connectivity index (χ3v) is 5.20. The first-order valence-electron chi connectivity index (χ1n) is 7.79. The molecule has 0 spiro atoms. The van der Waals surface area contributed by atoms with Gasteiger partial charge in [-0.15, -0.1) is 0 Å². The fourth-order valence-electron chi connectivity index (χ4n) is 2.13. The van der Waals surface area contributed by atoms with Crippen LogP contribution < -0.4 is 5.32 Å². The number of unbranched alkanes of at least 4 members (excludes halogenated alkanes) is 1. The number of nitrogens with one attached hydrogen (secondary N) is 1. The number of carbonyl (C=O) groups excluding carboxylic acids is 2. The highest BCUT2D eigenvalue weighted by atomic mass is 35.5. The molecule has 1 aromatic carbocycles. The van der Waals surface area contributed by atoms with Crippen LogP contribution in [0.4, 0.5) is 0 Å². The van der Waals surface area contributed by atoms with E-state index >= 15 is 0 Å². The van der Waals surface area contributed by atoms with Gasteiger partial charge in [0.25, 0.3) is 5.91 Å². The SMILES string of the molecule is CCCCNC(=O)CCN1C(=O)C(=Cc2ccccc2Cl)SC1=S. The standard InChI is InChI=1S/C17H19ClN2O2S2/c1-2-3-9-19-15(21)8-10-20-16(22)14(24-17(20)23)11-12-6-4-5-7-13(12)18/h4-7,11H,2-3,8-10H2,1H3,(H,19,21). The summed E-state index contributed by atoms with van der Waals surface area (Å²) in [5.41, 5.74) is 0.775. The number of carbonyl (C=O) groups is 2. The largest absolute Gasteiger partial charge is 0.356 e. The van der Waals surface area contributed by atoms with Gasteiger partial charge >= 0.3 is 0 Å². The predicted molar refractivity (Wildman–Crippen MR) is 104 cm³/mol. The number of hydrogen-bond donors (Lipinski definition) is 1. The van der Waals surface area contributed by atoms with Crippen molar-refractivity contribution >= 4 is 57.8 Å². The minimum Gasteiger partial charge on any atom is -0.356 e. The van der Waals surface area contributed by atoms with Gasteiger partial charge in [0.15, 0.2) is 0 Å². The highest BCUT2D eigenvalue weighted by Crippen LogP contribution is 2.33. The van der Waals surface area contributed by atoms with Gasteiger partial charge < -0.3 is 5.32 Å². The normalized spacial score (nSPS) is 16.1. The van der Waals surface area contributed by atoms with Crippen molar-refractivity contribution in [2.45, 2.75) is 26.2 Å². The van der Waals surface area contributed by atoms with E-state index in [2.05, 4.69) is 12.2 Å². The van der Waals surface area contributed by atoms with E-state index in [1.807, 2.05) is 18.2 Å². The maximum atomic E-state index is 12.5. The first kappa shape index (κ1) is 19.0. The van der Waals surface area contributed by atoms with Gasteiger partial charge in [0, 0.05) is 24.5 Å².